The first-order chi connectivity index (χ1) is 11.8. The van der Waals surface area contributed by atoms with Crippen LogP contribution in [-0.4, -0.2) is 20.9 Å². The van der Waals surface area contributed by atoms with Gasteiger partial charge in [0, 0.05) is 18.2 Å². The fourth-order valence-electron chi connectivity index (χ4n) is 2.27. The maximum absolute atomic E-state index is 12.8. The van der Waals surface area contributed by atoms with Crippen LogP contribution in [0.4, 0.5) is 18.9 Å². The van der Waals surface area contributed by atoms with Gasteiger partial charge in [-0.3, -0.25) is 4.79 Å². The number of benzene rings is 2. The zero-order valence-corrected chi connectivity index (χ0v) is 13.1. The largest absolute Gasteiger partial charge is 0.416 e. The lowest BCUT2D eigenvalue weighted by atomic mass is 10.1. The van der Waals surface area contributed by atoms with Crippen molar-refractivity contribution in [3.05, 3.63) is 60.3 Å². The van der Waals surface area contributed by atoms with E-state index >= 15 is 0 Å². The number of nitrogens with one attached hydrogen (secondary N) is 1. The summed E-state index contributed by atoms with van der Waals surface area (Å²) in [6, 6.07) is 11.8. The number of alkyl halides is 3. The van der Waals surface area contributed by atoms with Crippen LogP contribution in [0.25, 0.3) is 16.9 Å². The van der Waals surface area contributed by atoms with Gasteiger partial charge in [0.25, 0.3) is 0 Å². The Kier molecular flexibility index (Phi) is 4.26. The van der Waals surface area contributed by atoms with Crippen molar-refractivity contribution in [1.82, 2.24) is 15.0 Å². The summed E-state index contributed by atoms with van der Waals surface area (Å²) < 4.78 is 39.7. The highest BCUT2D eigenvalue weighted by atomic mass is 19.4. The van der Waals surface area contributed by atoms with E-state index in [4.69, 9.17) is 0 Å². The molecule has 0 aliphatic rings. The molecule has 0 aliphatic heterocycles. The van der Waals surface area contributed by atoms with Crippen molar-refractivity contribution in [3.8, 4) is 16.9 Å². The van der Waals surface area contributed by atoms with E-state index in [9.17, 15) is 18.0 Å². The molecule has 0 bridgehead atoms. The van der Waals surface area contributed by atoms with Crippen molar-refractivity contribution in [2.24, 2.45) is 0 Å². The van der Waals surface area contributed by atoms with Gasteiger partial charge in [-0.05, 0) is 30.3 Å². The Hall–Kier alpha value is -3.16. The maximum Gasteiger partial charge on any atom is 0.416 e. The van der Waals surface area contributed by atoms with Gasteiger partial charge in [-0.2, -0.15) is 13.2 Å². The van der Waals surface area contributed by atoms with E-state index in [1.807, 2.05) is 0 Å². The molecule has 0 atom stereocenters. The Morgan fingerprint density at radius 3 is 2.48 bits per heavy atom. The minimum Gasteiger partial charge on any atom is -0.326 e. The second-order valence-corrected chi connectivity index (χ2v) is 5.35. The first-order valence-corrected chi connectivity index (χ1v) is 7.31. The Balaban J connectivity index is 1.86. The fraction of sp³-hybridized carbons (Fsp3) is 0.118. The van der Waals surface area contributed by atoms with Gasteiger partial charge in [-0.25, -0.2) is 4.68 Å². The molecule has 1 heterocycles. The lowest BCUT2D eigenvalue weighted by Gasteiger charge is -2.08. The highest BCUT2D eigenvalue weighted by molar-refractivity contribution is 5.88. The summed E-state index contributed by atoms with van der Waals surface area (Å²) >= 11 is 0. The summed E-state index contributed by atoms with van der Waals surface area (Å²) in [6.45, 7) is 1.41. The standard InChI is InChI=1S/C17H13F3N4O/c1-11(25)21-14-7-5-12(6-8-14)16-10-24(23-22-16)15-4-2-3-13(9-15)17(18,19)20/h2-10H,1H3,(H,21,25). The third-order valence-electron chi connectivity index (χ3n) is 3.43. The number of nitrogens with zero attached hydrogens (tertiary/aromatic N) is 3. The SMILES string of the molecule is CC(=O)Nc1ccc(-c2cn(-c3cccc(C(F)(F)F)c3)nn2)cc1. The number of amides is 1. The lowest BCUT2D eigenvalue weighted by molar-refractivity contribution is -0.137. The molecule has 0 spiro atoms. The summed E-state index contributed by atoms with van der Waals surface area (Å²) in [5.74, 6) is -0.178. The number of aromatic nitrogens is 3. The fourth-order valence-corrected chi connectivity index (χ4v) is 2.27. The number of carbonyl (C=O) groups excluding carboxylic acids is 1. The van der Waals surface area contributed by atoms with Gasteiger partial charge < -0.3 is 5.32 Å². The molecule has 0 fully saturated rings. The summed E-state index contributed by atoms with van der Waals surface area (Å²) in [5, 5.41) is 10.5. The average Bonchev–Trinajstić information content (AvgIpc) is 3.04. The van der Waals surface area contributed by atoms with Crippen LogP contribution in [0.15, 0.2) is 54.7 Å². The summed E-state index contributed by atoms with van der Waals surface area (Å²) in [6.07, 6.45) is -2.87. The average molecular weight is 346 g/mol. The second kappa shape index (κ2) is 6.39. The molecule has 1 amide bonds. The molecular formula is C17H13F3N4O. The van der Waals surface area contributed by atoms with E-state index in [1.54, 1.807) is 30.5 Å². The van der Waals surface area contributed by atoms with Gasteiger partial charge in [0.15, 0.2) is 0 Å². The van der Waals surface area contributed by atoms with Crippen LogP contribution in [-0.2, 0) is 11.0 Å². The first-order valence-electron chi connectivity index (χ1n) is 7.31. The quantitative estimate of drug-likeness (QED) is 0.782. The van der Waals surface area contributed by atoms with E-state index in [-0.39, 0.29) is 11.6 Å². The zero-order chi connectivity index (χ0) is 18.0. The van der Waals surface area contributed by atoms with Crippen molar-refractivity contribution in [2.45, 2.75) is 13.1 Å². The molecule has 2 aromatic carbocycles. The van der Waals surface area contributed by atoms with Crippen LogP contribution < -0.4 is 5.32 Å². The maximum atomic E-state index is 12.8. The molecule has 0 saturated carbocycles. The Morgan fingerprint density at radius 2 is 1.84 bits per heavy atom. The van der Waals surface area contributed by atoms with E-state index in [2.05, 4.69) is 15.6 Å². The molecular weight excluding hydrogens is 333 g/mol. The first kappa shape index (κ1) is 16.7. The zero-order valence-electron chi connectivity index (χ0n) is 13.1. The van der Waals surface area contributed by atoms with E-state index in [0.29, 0.717) is 11.4 Å². The number of carbonyl (C=O) groups is 1. The van der Waals surface area contributed by atoms with Crippen molar-refractivity contribution in [3.63, 3.8) is 0 Å². The van der Waals surface area contributed by atoms with Crippen LogP contribution in [0.2, 0.25) is 0 Å². The van der Waals surface area contributed by atoms with E-state index in [0.717, 1.165) is 17.7 Å². The molecule has 5 nitrogen and oxygen atoms in total. The number of anilines is 1. The van der Waals surface area contributed by atoms with Gasteiger partial charge in [0.05, 0.1) is 17.4 Å². The van der Waals surface area contributed by atoms with Crippen LogP contribution in [0, 0.1) is 0 Å². The normalized spacial score (nSPS) is 11.4. The molecule has 0 radical (unpaired) electrons. The molecule has 25 heavy (non-hydrogen) atoms. The van der Waals surface area contributed by atoms with E-state index in [1.165, 1.54) is 23.7 Å². The number of hydrogen-bond acceptors (Lipinski definition) is 3. The predicted octanol–water partition coefficient (Wildman–Crippen LogP) is 3.91. The number of halogens is 3. The molecule has 8 heteroatoms. The van der Waals surface area contributed by atoms with E-state index < -0.39 is 11.7 Å². The van der Waals surface area contributed by atoms with Crippen molar-refractivity contribution >= 4 is 11.6 Å². The van der Waals surface area contributed by atoms with Gasteiger partial charge in [0.1, 0.15) is 5.69 Å². The minimum atomic E-state index is -4.42. The molecule has 0 unspecified atom stereocenters. The van der Waals surface area contributed by atoms with Crippen molar-refractivity contribution in [1.29, 1.82) is 0 Å². The van der Waals surface area contributed by atoms with Gasteiger partial charge >= 0.3 is 6.18 Å². The third kappa shape index (κ3) is 3.85. The molecule has 0 aliphatic carbocycles. The summed E-state index contributed by atoms with van der Waals surface area (Å²) in [7, 11) is 0. The van der Waals surface area contributed by atoms with Crippen molar-refractivity contribution < 1.29 is 18.0 Å². The molecule has 3 rings (SSSR count). The Morgan fingerprint density at radius 1 is 1.12 bits per heavy atom. The summed E-state index contributed by atoms with van der Waals surface area (Å²) in [4.78, 5) is 11.0. The Labute approximate surface area is 141 Å². The number of hydrogen-bond donors (Lipinski definition) is 1. The molecule has 128 valence electrons. The molecule has 1 aromatic heterocycles. The molecule has 1 N–H and O–H groups in total. The summed E-state index contributed by atoms with van der Waals surface area (Å²) in [5.41, 5.74) is 1.39. The highest BCUT2D eigenvalue weighted by Crippen LogP contribution is 2.30. The van der Waals surface area contributed by atoms with Gasteiger partial charge in [0.2, 0.25) is 5.91 Å². The molecule has 0 saturated heterocycles. The van der Waals surface area contributed by atoms with Crippen LogP contribution >= 0.6 is 0 Å². The van der Waals surface area contributed by atoms with Crippen molar-refractivity contribution in [2.75, 3.05) is 5.32 Å². The smallest absolute Gasteiger partial charge is 0.326 e. The highest BCUT2D eigenvalue weighted by Gasteiger charge is 2.30. The monoisotopic (exact) mass is 346 g/mol. The second-order valence-electron chi connectivity index (χ2n) is 5.35. The predicted molar refractivity (Wildman–Crippen MR) is 86.1 cm³/mol. The third-order valence-corrected chi connectivity index (χ3v) is 3.43. The van der Waals surface area contributed by atoms with Gasteiger partial charge in [-0.15, -0.1) is 5.10 Å². The topological polar surface area (TPSA) is 59.8 Å². The van der Waals surface area contributed by atoms with Crippen LogP contribution in [0.3, 0.4) is 0 Å². The Bertz CT molecular complexity index is 901. The lowest BCUT2D eigenvalue weighted by Crippen LogP contribution is -2.06. The van der Waals surface area contributed by atoms with Crippen LogP contribution in [0.5, 0.6) is 0 Å². The minimum absolute atomic E-state index is 0.178. The number of rotatable bonds is 3. The van der Waals surface area contributed by atoms with Gasteiger partial charge in [-0.1, -0.05) is 23.4 Å². The molecule has 3 aromatic rings. The van der Waals surface area contributed by atoms with Crippen LogP contribution in [0.1, 0.15) is 12.5 Å².